The fraction of sp³-hybridized carbons (Fsp3) is 0.294. The third kappa shape index (κ3) is 3.66. The molecule has 1 aromatic carbocycles. The number of halogens is 2. The third-order valence-corrected chi connectivity index (χ3v) is 4.30. The number of hydrogen-bond acceptors (Lipinski definition) is 4. The first-order chi connectivity index (χ1) is 11.5. The van der Waals surface area contributed by atoms with Crippen LogP contribution < -0.4 is 0 Å². The lowest BCUT2D eigenvalue weighted by molar-refractivity contribution is 0.0620. The van der Waals surface area contributed by atoms with E-state index in [1.165, 1.54) is 18.4 Å². The van der Waals surface area contributed by atoms with Gasteiger partial charge in [-0.2, -0.15) is 0 Å². The number of piperazine rings is 1. The lowest BCUT2D eigenvalue weighted by Gasteiger charge is -2.34. The number of benzene rings is 1. The van der Waals surface area contributed by atoms with E-state index in [1.54, 1.807) is 17.0 Å². The first-order valence-electron chi connectivity index (χ1n) is 7.58. The lowest BCUT2D eigenvalue weighted by Crippen LogP contribution is -2.49. The Labute approximate surface area is 143 Å². The van der Waals surface area contributed by atoms with Crippen molar-refractivity contribution in [3.05, 3.63) is 58.8 Å². The number of nitrogens with zero attached hydrogens (tertiary/aromatic N) is 2. The van der Waals surface area contributed by atoms with E-state index in [4.69, 9.17) is 16.0 Å². The van der Waals surface area contributed by atoms with Crippen molar-refractivity contribution in [2.75, 3.05) is 32.7 Å². The van der Waals surface area contributed by atoms with Crippen LogP contribution in [0, 0.1) is 5.82 Å². The van der Waals surface area contributed by atoms with Gasteiger partial charge in [0.25, 0.3) is 5.91 Å². The minimum atomic E-state index is -0.474. The summed E-state index contributed by atoms with van der Waals surface area (Å²) in [7, 11) is 0. The van der Waals surface area contributed by atoms with Crippen LogP contribution in [-0.2, 0) is 0 Å². The standard InChI is InChI=1S/C17H16ClFN2O3/c18-14-10-12(19)3-4-13(14)17(23)21-7-5-20(6-8-21)11-15(22)16-2-1-9-24-16/h1-4,9-10H,5-8,11H2. The molecule has 1 amide bonds. The summed E-state index contributed by atoms with van der Waals surface area (Å²) < 4.78 is 18.2. The van der Waals surface area contributed by atoms with Gasteiger partial charge in [0.15, 0.2) is 5.76 Å². The molecule has 5 nitrogen and oxygen atoms in total. The maximum Gasteiger partial charge on any atom is 0.255 e. The molecule has 2 aromatic rings. The molecule has 0 radical (unpaired) electrons. The Kier molecular flexibility index (Phi) is 4.97. The summed E-state index contributed by atoms with van der Waals surface area (Å²) >= 11 is 5.95. The Hall–Kier alpha value is -2.18. The molecule has 0 bridgehead atoms. The summed E-state index contributed by atoms with van der Waals surface area (Å²) in [5.41, 5.74) is 0.290. The van der Waals surface area contributed by atoms with Gasteiger partial charge in [-0.3, -0.25) is 14.5 Å². The number of amides is 1. The summed E-state index contributed by atoms with van der Waals surface area (Å²) in [6.07, 6.45) is 1.47. The van der Waals surface area contributed by atoms with Crippen LogP contribution in [0.4, 0.5) is 4.39 Å². The number of ketones is 1. The van der Waals surface area contributed by atoms with Crippen LogP contribution in [0.15, 0.2) is 41.0 Å². The number of carbonyl (C=O) groups is 2. The number of rotatable bonds is 4. The quantitative estimate of drug-likeness (QED) is 0.796. The Bertz CT molecular complexity index is 740. The fourth-order valence-corrected chi connectivity index (χ4v) is 2.91. The monoisotopic (exact) mass is 350 g/mol. The highest BCUT2D eigenvalue weighted by molar-refractivity contribution is 6.33. The van der Waals surface area contributed by atoms with Gasteiger partial charge in [-0.15, -0.1) is 0 Å². The molecule has 126 valence electrons. The Morgan fingerprint density at radius 2 is 1.92 bits per heavy atom. The van der Waals surface area contributed by atoms with Crippen LogP contribution in [0.5, 0.6) is 0 Å². The molecule has 7 heteroatoms. The maximum atomic E-state index is 13.1. The van der Waals surface area contributed by atoms with Gasteiger partial charge in [0, 0.05) is 26.2 Å². The second-order valence-corrected chi connectivity index (χ2v) is 6.00. The van der Waals surface area contributed by atoms with Gasteiger partial charge >= 0.3 is 0 Å². The highest BCUT2D eigenvalue weighted by Crippen LogP contribution is 2.20. The van der Waals surface area contributed by atoms with Gasteiger partial charge in [-0.25, -0.2) is 4.39 Å². The molecule has 1 aliphatic rings. The van der Waals surface area contributed by atoms with Gasteiger partial charge in [-0.1, -0.05) is 11.6 Å². The summed E-state index contributed by atoms with van der Waals surface area (Å²) in [5, 5.41) is 0.107. The first kappa shape index (κ1) is 16.7. The molecular formula is C17H16ClFN2O3. The second kappa shape index (κ2) is 7.15. The van der Waals surface area contributed by atoms with E-state index < -0.39 is 5.82 Å². The molecule has 2 heterocycles. The van der Waals surface area contributed by atoms with E-state index in [1.807, 2.05) is 4.90 Å². The second-order valence-electron chi connectivity index (χ2n) is 5.59. The number of hydrogen-bond donors (Lipinski definition) is 0. The van der Waals surface area contributed by atoms with Crippen molar-refractivity contribution in [3.8, 4) is 0 Å². The fourth-order valence-electron chi connectivity index (χ4n) is 2.66. The molecular weight excluding hydrogens is 335 g/mol. The molecule has 1 fully saturated rings. The first-order valence-corrected chi connectivity index (χ1v) is 7.96. The largest absolute Gasteiger partial charge is 0.461 e. The molecule has 0 N–H and O–H groups in total. The highest BCUT2D eigenvalue weighted by Gasteiger charge is 2.25. The number of furan rings is 1. The molecule has 0 spiro atoms. The van der Waals surface area contributed by atoms with E-state index in [2.05, 4.69) is 0 Å². The van der Waals surface area contributed by atoms with E-state index >= 15 is 0 Å². The summed E-state index contributed by atoms with van der Waals surface area (Å²) in [5.74, 6) is -0.442. The zero-order chi connectivity index (χ0) is 17.1. The molecule has 1 saturated heterocycles. The maximum absolute atomic E-state index is 13.1. The molecule has 0 unspecified atom stereocenters. The van der Waals surface area contributed by atoms with Gasteiger partial charge in [-0.05, 0) is 30.3 Å². The number of carbonyl (C=O) groups excluding carboxylic acids is 2. The van der Waals surface area contributed by atoms with Crippen LogP contribution in [0.2, 0.25) is 5.02 Å². The molecule has 0 aliphatic carbocycles. The molecule has 0 saturated carbocycles. The predicted octanol–water partition coefficient (Wildman–Crippen LogP) is 2.71. The van der Waals surface area contributed by atoms with Crippen molar-refractivity contribution in [2.24, 2.45) is 0 Å². The van der Waals surface area contributed by atoms with Crippen LogP contribution in [0.1, 0.15) is 20.9 Å². The predicted molar refractivity (Wildman–Crippen MR) is 86.8 cm³/mol. The van der Waals surface area contributed by atoms with Crippen LogP contribution in [0.25, 0.3) is 0 Å². The Morgan fingerprint density at radius 1 is 1.17 bits per heavy atom. The van der Waals surface area contributed by atoms with Crippen molar-refractivity contribution >= 4 is 23.3 Å². The molecule has 24 heavy (non-hydrogen) atoms. The smallest absolute Gasteiger partial charge is 0.255 e. The SMILES string of the molecule is O=C(CN1CCN(C(=O)c2ccc(F)cc2Cl)CC1)c1ccco1. The molecule has 0 atom stereocenters. The molecule has 1 aromatic heterocycles. The minimum absolute atomic E-state index is 0.0821. The Morgan fingerprint density at radius 3 is 2.54 bits per heavy atom. The van der Waals surface area contributed by atoms with Crippen molar-refractivity contribution in [2.45, 2.75) is 0 Å². The Balaban J connectivity index is 1.56. The van der Waals surface area contributed by atoms with Gasteiger partial charge in [0.2, 0.25) is 5.78 Å². The van der Waals surface area contributed by atoms with Crippen LogP contribution >= 0.6 is 11.6 Å². The zero-order valence-electron chi connectivity index (χ0n) is 12.9. The van der Waals surface area contributed by atoms with Crippen molar-refractivity contribution in [1.82, 2.24) is 9.80 Å². The molecule has 1 aliphatic heterocycles. The zero-order valence-corrected chi connectivity index (χ0v) is 13.6. The summed E-state index contributed by atoms with van der Waals surface area (Å²) in [6.45, 7) is 2.39. The minimum Gasteiger partial charge on any atom is -0.461 e. The van der Waals surface area contributed by atoms with E-state index in [0.29, 0.717) is 31.9 Å². The summed E-state index contributed by atoms with van der Waals surface area (Å²) in [6, 6.07) is 7.06. The van der Waals surface area contributed by atoms with Crippen LogP contribution in [-0.4, -0.2) is 54.2 Å². The normalized spacial score (nSPS) is 15.5. The van der Waals surface area contributed by atoms with Crippen molar-refractivity contribution < 1.29 is 18.4 Å². The average Bonchev–Trinajstić information content (AvgIpc) is 3.09. The van der Waals surface area contributed by atoms with E-state index in [-0.39, 0.29) is 28.8 Å². The average molecular weight is 351 g/mol. The topological polar surface area (TPSA) is 53.8 Å². The van der Waals surface area contributed by atoms with E-state index in [0.717, 1.165) is 6.07 Å². The van der Waals surface area contributed by atoms with Crippen LogP contribution in [0.3, 0.4) is 0 Å². The summed E-state index contributed by atoms with van der Waals surface area (Å²) in [4.78, 5) is 28.1. The van der Waals surface area contributed by atoms with Crippen molar-refractivity contribution in [1.29, 1.82) is 0 Å². The third-order valence-electron chi connectivity index (χ3n) is 3.98. The van der Waals surface area contributed by atoms with Gasteiger partial charge in [0.05, 0.1) is 23.4 Å². The highest BCUT2D eigenvalue weighted by atomic mass is 35.5. The number of Topliss-reactive ketones (excluding diaryl/α,β-unsaturated/α-hetero) is 1. The van der Waals surface area contributed by atoms with Gasteiger partial charge < -0.3 is 9.32 Å². The molecule has 3 rings (SSSR count). The van der Waals surface area contributed by atoms with E-state index in [9.17, 15) is 14.0 Å². The van der Waals surface area contributed by atoms with Crippen molar-refractivity contribution in [3.63, 3.8) is 0 Å². The van der Waals surface area contributed by atoms with Gasteiger partial charge in [0.1, 0.15) is 5.82 Å². The lowest BCUT2D eigenvalue weighted by atomic mass is 10.1.